The van der Waals surface area contributed by atoms with E-state index in [1.165, 1.54) is 23.2 Å². The number of para-hydroxylation sites is 2. The quantitative estimate of drug-likeness (QED) is 0.553. The largest absolute Gasteiger partial charge is 0.481 e. The Kier molecular flexibility index (Phi) is 6.55. The maximum Gasteiger partial charge on any atom is 0.344 e. The zero-order valence-electron chi connectivity index (χ0n) is 15.6. The fourth-order valence-electron chi connectivity index (χ4n) is 2.49. The molecule has 0 unspecified atom stereocenters. The molecule has 0 saturated heterocycles. The molecule has 0 aliphatic rings. The standard InChI is InChI=1S/C21H17N3O4S/c1-15(25)24(18-8-3-2-4-9-18)21-23-17(14-29-21)12-28-20(26)13-27-19-10-6-5-7-16(19)11-22/h2-10,14H,12-13H2,1H3. The molecule has 0 bridgehead atoms. The topological polar surface area (TPSA) is 92.5 Å². The molecule has 0 spiro atoms. The number of anilines is 2. The number of amides is 1. The highest BCUT2D eigenvalue weighted by molar-refractivity contribution is 7.14. The van der Waals surface area contributed by atoms with Crippen LogP contribution in [0.25, 0.3) is 0 Å². The Balaban J connectivity index is 1.58. The van der Waals surface area contributed by atoms with Gasteiger partial charge in [-0.05, 0) is 24.3 Å². The summed E-state index contributed by atoms with van der Waals surface area (Å²) in [5.74, 6) is -0.430. The Morgan fingerprint density at radius 2 is 1.86 bits per heavy atom. The molecular formula is C21H17N3O4S. The van der Waals surface area contributed by atoms with E-state index in [2.05, 4.69) is 4.98 Å². The molecule has 0 saturated carbocycles. The molecule has 1 amide bonds. The number of ether oxygens (including phenoxy) is 2. The molecule has 1 heterocycles. The van der Waals surface area contributed by atoms with Crippen molar-refractivity contribution in [3.63, 3.8) is 0 Å². The van der Waals surface area contributed by atoms with Crippen LogP contribution in [-0.4, -0.2) is 23.5 Å². The lowest BCUT2D eigenvalue weighted by Crippen LogP contribution is -2.22. The second-order valence-corrected chi connectivity index (χ2v) is 6.71. The summed E-state index contributed by atoms with van der Waals surface area (Å²) in [6, 6.07) is 17.8. The number of thiazole rings is 1. The van der Waals surface area contributed by atoms with Gasteiger partial charge in [-0.25, -0.2) is 9.78 Å². The molecule has 7 nitrogen and oxygen atoms in total. The van der Waals surface area contributed by atoms with Crippen molar-refractivity contribution in [1.82, 2.24) is 4.98 Å². The molecular weight excluding hydrogens is 390 g/mol. The van der Waals surface area contributed by atoms with Gasteiger partial charge in [0.05, 0.1) is 16.9 Å². The van der Waals surface area contributed by atoms with E-state index in [1.807, 2.05) is 36.4 Å². The number of hydrogen-bond donors (Lipinski definition) is 0. The number of nitrogens with zero attached hydrogens (tertiary/aromatic N) is 3. The van der Waals surface area contributed by atoms with E-state index in [1.54, 1.807) is 29.6 Å². The van der Waals surface area contributed by atoms with E-state index in [0.29, 0.717) is 27.8 Å². The van der Waals surface area contributed by atoms with E-state index in [4.69, 9.17) is 14.7 Å². The summed E-state index contributed by atoms with van der Waals surface area (Å²) in [5, 5.41) is 11.2. The monoisotopic (exact) mass is 407 g/mol. The van der Waals surface area contributed by atoms with Crippen molar-refractivity contribution in [2.45, 2.75) is 13.5 Å². The molecule has 2 aromatic carbocycles. The summed E-state index contributed by atoms with van der Waals surface area (Å²) < 4.78 is 10.5. The zero-order valence-corrected chi connectivity index (χ0v) is 16.4. The summed E-state index contributed by atoms with van der Waals surface area (Å²) in [6.07, 6.45) is 0. The SMILES string of the molecule is CC(=O)N(c1ccccc1)c1nc(COC(=O)COc2ccccc2C#N)cs1. The molecule has 0 atom stereocenters. The number of carbonyl (C=O) groups is 2. The van der Waals surface area contributed by atoms with E-state index in [-0.39, 0.29) is 19.1 Å². The molecule has 3 aromatic rings. The number of hydrogen-bond acceptors (Lipinski definition) is 7. The fourth-order valence-corrected chi connectivity index (χ4v) is 3.36. The van der Waals surface area contributed by atoms with Gasteiger partial charge in [-0.1, -0.05) is 30.3 Å². The Labute approximate surface area is 171 Å². The van der Waals surface area contributed by atoms with Crippen LogP contribution in [0.5, 0.6) is 5.75 Å². The van der Waals surface area contributed by atoms with Gasteiger partial charge < -0.3 is 9.47 Å². The molecule has 8 heteroatoms. The maximum atomic E-state index is 12.1. The summed E-state index contributed by atoms with van der Waals surface area (Å²) in [6.45, 7) is 1.10. The van der Waals surface area contributed by atoms with Crippen molar-refractivity contribution < 1.29 is 19.1 Å². The van der Waals surface area contributed by atoms with Gasteiger partial charge in [0.15, 0.2) is 11.7 Å². The second-order valence-electron chi connectivity index (χ2n) is 5.87. The number of benzene rings is 2. The van der Waals surface area contributed by atoms with Crippen LogP contribution in [0.1, 0.15) is 18.2 Å². The fraction of sp³-hybridized carbons (Fsp3) is 0.143. The molecule has 0 N–H and O–H groups in total. The number of rotatable bonds is 7. The first kappa shape index (κ1) is 20.0. The summed E-state index contributed by atoms with van der Waals surface area (Å²) in [5.41, 5.74) is 1.58. The van der Waals surface area contributed by atoms with Gasteiger partial charge in [0, 0.05) is 12.3 Å². The Morgan fingerprint density at radius 3 is 2.59 bits per heavy atom. The third-order valence-electron chi connectivity index (χ3n) is 3.79. The predicted molar refractivity (Wildman–Crippen MR) is 108 cm³/mol. The predicted octanol–water partition coefficient (Wildman–Crippen LogP) is 3.82. The van der Waals surface area contributed by atoms with Gasteiger partial charge in [0.1, 0.15) is 18.4 Å². The third kappa shape index (κ3) is 5.18. The summed E-state index contributed by atoms with van der Waals surface area (Å²) in [7, 11) is 0. The molecule has 29 heavy (non-hydrogen) atoms. The van der Waals surface area contributed by atoms with Crippen molar-refractivity contribution in [2.75, 3.05) is 11.5 Å². The maximum absolute atomic E-state index is 12.1. The van der Waals surface area contributed by atoms with Crippen molar-refractivity contribution >= 4 is 34.0 Å². The van der Waals surface area contributed by atoms with E-state index < -0.39 is 5.97 Å². The average molecular weight is 407 g/mol. The summed E-state index contributed by atoms with van der Waals surface area (Å²) in [4.78, 5) is 29.9. The van der Waals surface area contributed by atoms with Crippen LogP contribution >= 0.6 is 11.3 Å². The molecule has 3 rings (SSSR count). The van der Waals surface area contributed by atoms with Crippen LogP contribution in [0.4, 0.5) is 10.8 Å². The van der Waals surface area contributed by atoms with Gasteiger partial charge in [-0.2, -0.15) is 5.26 Å². The lowest BCUT2D eigenvalue weighted by molar-refractivity contribution is -0.147. The minimum atomic E-state index is -0.584. The Morgan fingerprint density at radius 1 is 1.14 bits per heavy atom. The minimum absolute atomic E-state index is 0.0425. The second kappa shape index (κ2) is 9.48. The highest BCUT2D eigenvalue weighted by Gasteiger charge is 2.18. The summed E-state index contributed by atoms with van der Waals surface area (Å²) >= 11 is 1.28. The van der Waals surface area contributed by atoms with Crippen molar-refractivity contribution in [2.24, 2.45) is 0 Å². The molecule has 0 aliphatic heterocycles. The van der Waals surface area contributed by atoms with E-state index in [9.17, 15) is 9.59 Å². The van der Waals surface area contributed by atoms with Crippen molar-refractivity contribution in [1.29, 1.82) is 5.26 Å². The van der Waals surface area contributed by atoms with E-state index >= 15 is 0 Å². The Hall–Kier alpha value is -3.70. The average Bonchev–Trinajstić information content (AvgIpc) is 3.20. The zero-order chi connectivity index (χ0) is 20.6. The van der Waals surface area contributed by atoms with Crippen molar-refractivity contribution in [3.8, 4) is 11.8 Å². The van der Waals surface area contributed by atoms with Gasteiger partial charge in [-0.3, -0.25) is 9.69 Å². The minimum Gasteiger partial charge on any atom is -0.481 e. The van der Waals surface area contributed by atoms with Gasteiger partial charge in [-0.15, -0.1) is 11.3 Å². The highest BCUT2D eigenvalue weighted by Crippen LogP contribution is 2.28. The van der Waals surface area contributed by atoms with Crippen LogP contribution in [0.2, 0.25) is 0 Å². The van der Waals surface area contributed by atoms with Crippen LogP contribution in [0.15, 0.2) is 60.0 Å². The molecule has 1 aromatic heterocycles. The van der Waals surface area contributed by atoms with Crippen LogP contribution in [0.3, 0.4) is 0 Å². The van der Waals surface area contributed by atoms with Crippen LogP contribution < -0.4 is 9.64 Å². The lowest BCUT2D eigenvalue weighted by Gasteiger charge is -2.17. The Bertz CT molecular complexity index is 1040. The van der Waals surface area contributed by atoms with Crippen LogP contribution in [0, 0.1) is 11.3 Å². The number of aromatic nitrogens is 1. The lowest BCUT2D eigenvalue weighted by atomic mass is 10.2. The van der Waals surface area contributed by atoms with Crippen molar-refractivity contribution in [3.05, 3.63) is 71.2 Å². The normalized spacial score (nSPS) is 10.1. The third-order valence-corrected chi connectivity index (χ3v) is 4.67. The van der Waals surface area contributed by atoms with Gasteiger partial charge in [0.25, 0.3) is 0 Å². The van der Waals surface area contributed by atoms with Gasteiger partial charge >= 0.3 is 5.97 Å². The molecule has 0 aliphatic carbocycles. The smallest absolute Gasteiger partial charge is 0.344 e. The first-order chi connectivity index (χ1) is 14.1. The van der Waals surface area contributed by atoms with Crippen LogP contribution in [-0.2, 0) is 20.9 Å². The molecule has 0 fully saturated rings. The number of carbonyl (C=O) groups excluding carboxylic acids is 2. The first-order valence-corrected chi connectivity index (χ1v) is 9.54. The van der Waals surface area contributed by atoms with E-state index in [0.717, 1.165) is 0 Å². The highest BCUT2D eigenvalue weighted by atomic mass is 32.1. The number of esters is 1. The molecule has 0 radical (unpaired) electrons. The molecule has 146 valence electrons. The number of nitriles is 1. The van der Waals surface area contributed by atoms with Gasteiger partial charge in [0.2, 0.25) is 5.91 Å². The first-order valence-electron chi connectivity index (χ1n) is 8.66.